The first kappa shape index (κ1) is 19.5. The third-order valence-electron chi connectivity index (χ3n) is 7.01. The van der Waals surface area contributed by atoms with Gasteiger partial charge in [0.15, 0.2) is 0 Å². The third-order valence-corrected chi connectivity index (χ3v) is 7.01. The number of carbonyl (C=O) groups is 1. The number of benzene rings is 1. The second kappa shape index (κ2) is 8.00. The quantitative estimate of drug-likeness (QED) is 0.764. The number of fused-ring (bicyclic) bond motifs is 1. The van der Waals surface area contributed by atoms with Gasteiger partial charge in [-0.15, -0.1) is 0 Å². The van der Waals surface area contributed by atoms with Crippen molar-refractivity contribution in [3.8, 4) is 5.75 Å². The number of hydrogen-bond acceptors (Lipinski definition) is 5. The maximum absolute atomic E-state index is 12.4. The number of likely N-dealkylation sites (tertiary alicyclic amines) is 1. The molecule has 0 radical (unpaired) electrons. The molecule has 1 N–H and O–H groups in total. The van der Waals surface area contributed by atoms with E-state index < -0.39 is 0 Å². The molecule has 1 amide bonds. The lowest BCUT2D eigenvalue weighted by atomic mass is 9.73. The Labute approximate surface area is 177 Å². The molecule has 158 valence electrons. The molecule has 0 saturated carbocycles. The average molecular weight is 408 g/mol. The summed E-state index contributed by atoms with van der Waals surface area (Å²) in [6, 6.07) is 13.8. The molecule has 2 aromatic rings. The zero-order valence-electron chi connectivity index (χ0n) is 17.4. The van der Waals surface area contributed by atoms with Gasteiger partial charge in [0.2, 0.25) is 5.91 Å². The van der Waals surface area contributed by atoms with Gasteiger partial charge < -0.3 is 14.8 Å². The highest BCUT2D eigenvalue weighted by atomic mass is 16.5. The van der Waals surface area contributed by atoms with Crippen molar-refractivity contribution in [2.24, 2.45) is 11.8 Å². The van der Waals surface area contributed by atoms with Crippen LogP contribution < -0.4 is 10.1 Å². The number of pyridine rings is 1. The molecule has 4 atom stereocenters. The first-order valence-electron chi connectivity index (χ1n) is 10.8. The number of rotatable bonds is 7. The van der Waals surface area contributed by atoms with E-state index >= 15 is 0 Å². The number of nitrogens with one attached hydrogen (secondary N) is 1. The highest BCUT2D eigenvalue weighted by Gasteiger charge is 2.62. The van der Waals surface area contributed by atoms with Gasteiger partial charge in [-0.25, -0.2) is 0 Å². The van der Waals surface area contributed by atoms with E-state index in [1.807, 2.05) is 42.5 Å². The molecule has 0 aliphatic carbocycles. The van der Waals surface area contributed by atoms with Gasteiger partial charge in [-0.05, 0) is 24.5 Å². The summed E-state index contributed by atoms with van der Waals surface area (Å²) in [5, 5.41) is 3.18. The highest BCUT2D eigenvalue weighted by Crippen LogP contribution is 2.54. The lowest BCUT2D eigenvalue weighted by molar-refractivity contribution is -0.120. The lowest BCUT2D eigenvalue weighted by Crippen LogP contribution is -2.42. The molecule has 5 rings (SSSR count). The molecular weight excluding hydrogens is 378 g/mol. The van der Waals surface area contributed by atoms with Crippen molar-refractivity contribution in [3.63, 3.8) is 0 Å². The molecule has 3 aliphatic heterocycles. The topological polar surface area (TPSA) is 63.7 Å². The van der Waals surface area contributed by atoms with E-state index in [1.54, 1.807) is 13.3 Å². The number of methoxy groups -OCH3 is 1. The summed E-state index contributed by atoms with van der Waals surface area (Å²) in [4.78, 5) is 19.4. The fourth-order valence-corrected chi connectivity index (χ4v) is 5.65. The van der Waals surface area contributed by atoms with Crippen LogP contribution in [0.15, 0.2) is 48.7 Å². The summed E-state index contributed by atoms with van der Waals surface area (Å²) in [5.74, 6) is 1.79. The minimum atomic E-state index is -0.0433. The van der Waals surface area contributed by atoms with Crippen LogP contribution in [-0.2, 0) is 22.5 Å². The number of ether oxygens (including phenoxy) is 2. The van der Waals surface area contributed by atoms with Crippen LogP contribution in [0, 0.1) is 11.8 Å². The molecule has 30 heavy (non-hydrogen) atoms. The van der Waals surface area contributed by atoms with E-state index in [1.165, 1.54) is 0 Å². The fraction of sp³-hybridized carbons (Fsp3) is 0.500. The molecule has 1 spiro atoms. The van der Waals surface area contributed by atoms with Crippen LogP contribution in [0.2, 0.25) is 0 Å². The number of amides is 1. The molecule has 3 saturated heterocycles. The van der Waals surface area contributed by atoms with Crippen molar-refractivity contribution < 1.29 is 14.3 Å². The van der Waals surface area contributed by atoms with Gasteiger partial charge in [-0.3, -0.25) is 14.7 Å². The predicted octanol–water partition coefficient (Wildman–Crippen LogP) is 2.43. The van der Waals surface area contributed by atoms with E-state index in [0.29, 0.717) is 24.8 Å². The average Bonchev–Trinajstić information content (AvgIpc) is 3.41. The van der Waals surface area contributed by atoms with Gasteiger partial charge in [0.05, 0.1) is 30.9 Å². The number of hydrogen-bond donors (Lipinski definition) is 1. The maximum Gasteiger partial charge on any atom is 0.224 e. The van der Waals surface area contributed by atoms with Crippen molar-refractivity contribution >= 4 is 5.91 Å². The van der Waals surface area contributed by atoms with Crippen LogP contribution in [0.5, 0.6) is 5.75 Å². The van der Waals surface area contributed by atoms with E-state index in [4.69, 9.17) is 9.47 Å². The van der Waals surface area contributed by atoms with Gasteiger partial charge in [-0.1, -0.05) is 30.3 Å². The summed E-state index contributed by atoms with van der Waals surface area (Å²) < 4.78 is 11.9. The van der Waals surface area contributed by atoms with Crippen molar-refractivity contribution in [2.75, 3.05) is 26.7 Å². The first-order valence-corrected chi connectivity index (χ1v) is 10.8. The van der Waals surface area contributed by atoms with E-state index in [-0.39, 0.29) is 17.6 Å². The van der Waals surface area contributed by atoms with Gasteiger partial charge in [-0.2, -0.15) is 0 Å². The first-order chi connectivity index (χ1) is 14.6. The van der Waals surface area contributed by atoms with E-state index in [2.05, 4.69) is 15.2 Å². The Morgan fingerprint density at radius 3 is 3.03 bits per heavy atom. The number of nitrogens with zero attached hydrogens (tertiary/aromatic N) is 2. The van der Waals surface area contributed by atoms with Crippen LogP contribution >= 0.6 is 0 Å². The Hall–Kier alpha value is -2.44. The van der Waals surface area contributed by atoms with Crippen molar-refractivity contribution in [3.05, 3.63) is 59.9 Å². The Morgan fingerprint density at radius 1 is 1.33 bits per heavy atom. The SMILES string of the molecule is COc1ccnc(CN2C[C@@H]3[C@H](CNC(=O)Cc4ccccc4)[C@H]4CC[C@]3(C2)O4)c1. The number of aromatic nitrogens is 1. The largest absolute Gasteiger partial charge is 0.497 e. The molecule has 1 aromatic carbocycles. The van der Waals surface area contributed by atoms with Crippen LogP contribution in [0.3, 0.4) is 0 Å². The second-order valence-electron chi connectivity index (χ2n) is 8.85. The Balaban J connectivity index is 1.20. The monoisotopic (exact) mass is 407 g/mol. The van der Waals surface area contributed by atoms with Crippen molar-refractivity contribution in [1.82, 2.24) is 15.2 Å². The molecule has 3 aliphatic rings. The summed E-state index contributed by atoms with van der Waals surface area (Å²) in [5.41, 5.74) is 2.03. The van der Waals surface area contributed by atoms with Gasteiger partial charge in [0, 0.05) is 50.3 Å². The van der Waals surface area contributed by atoms with E-state index in [9.17, 15) is 4.79 Å². The molecule has 2 bridgehead atoms. The number of carbonyl (C=O) groups excluding carboxylic acids is 1. The molecule has 3 fully saturated rings. The molecule has 6 heteroatoms. The second-order valence-corrected chi connectivity index (χ2v) is 8.85. The fourth-order valence-electron chi connectivity index (χ4n) is 5.65. The standard InChI is InChI=1S/C24H29N3O3/c1-29-19-8-10-25-18(12-19)14-27-15-21-20(22-7-9-24(21,16-27)30-22)13-26-23(28)11-17-5-3-2-4-6-17/h2-6,8,10,12,20-22H,7,9,11,13-16H2,1H3,(H,26,28)/t20-,21+,22+,24+/m0/s1. The third kappa shape index (κ3) is 3.70. The van der Waals surface area contributed by atoms with Crippen LogP contribution in [0.4, 0.5) is 0 Å². The summed E-state index contributed by atoms with van der Waals surface area (Å²) in [6.45, 7) is 3.45. The van der Waals surface area contributed by atoms with Crippen LogP contribution in [0.1, 0.15) is 24.1 Å². The summed E-state index contributed by atoms with van der Waals surface area (Å²) in [6.07, 6.45) is 4.74. The van der Waals surface area contributed by atoms with Crippen molar-refractivity contribution in [1.29, 1.82) is 0 Å². The molecular formula is C24H29N3O3. The predicted molar refractivity (Wildman–Crippen MR) is 113 cm³/mol. The molecule has 6 nitrogen and oxygen atoms in total. The smallest absolute Gasteiger partial charge is 0.224 e. The Bertz CT molecular complexity index is 906. The van der Waals surface area contributed by atoms with Gasteiger partial charge in [0.1, 0.15) is 5.75 Å². The molecule has 4 heterocycles. The minimum Gasteiger partial charge on any atom is -0.497 e. The lowest BCUT2D eigenvalue weighted by Gasteiger charge is -2.29. The highest BCUT2D eigenvalue weighted by molar-refractivity contribution is 5.78. The van der Waals surface area contributed by atoms with Crippen LogP contribution in [-0.4, -0.2) is 54.2 Å². The Kier molecular flexibility index (Phi) is 5.21. The zero-order chi connectivity index (χ0) is 20.6. The summed E-state index contributed by atoms with van der Waals surface area (Å²) >= 11 is 0. The maximum atomic E-state index is 12.4. The minimum absolute atomic E-state index is 0.0433. The van der Waals surface area contributed by atoms with Crippen LogP contribution in [0.25, 0.3) is 0 Å². The molecule has 0 unspecified atom stereocenters. The van der Waals surface area contributed by atoms with Gasteiger partial charge >= 0.3 is 0 Å². The normalized spacial score (nSPS) is 29.7. The van der Waals surface area contributed by atoms with Gasteiger partial charge in [0.25, 0.3) is 0 Å². The van der Waals surface area contributed by atoms with E-state index in [0.717, 1.165) is 49.5 Å². The van der Waals surface area contributed by atoms with Crippen molar-refractivity contribution in [2.45, 2.75) is 37.5 Å². The summed E-state index contributed by atoms with van der Waals surface area (Å²) in [7, 11) is 1.68. The molecule has 1 aromatic heterocycles. The zero-order valence-corrected chi connectivity index (χ0v) is 17.4. The Morgan fingerprint density at radius 2 is 2.20 bits per heavy atom.